The van der Waals surface area contributed by atoms with Crippen LogP contribution in [0.5, 0.6) is 0 Å². The van der Waals surface area contributed by atoms with Crippen molar-refractivity contribution in [2.45, 2.75) is 18.4 Å². The van der Waals surface area contributed by atoms with Gasteiger partial charge in [0.25, 0.3) is 0 Å². The molecule has 0 unspecified atom stereocenters. The Bertz CT molecular complexity index is 421. The van der Waals surface area contributed by atoms with E-state index in [1.54, 1.807) is 7.11 Å². The highest BCUT2D eigenvalue weighted by Gasteiger charge is 2.56. The van der Waals surface area contributed by atoms with Crippen molar-refractivity contribution in [3.05, 3.63) is 24.3 Å². The number of ketones is 2. The van der Waals surface area contributed by atoms with Crippen molar-refractivity contribution in [3.63, 3.8) is 0 Å². The molecule has 4 rings (SSSR count). The Labute approximate surface area is 94.2 Å². The highest BCUT2D eigenvalue weighted by atomic mass is 16.5. The van der Waals surface area contributed by atoms with E-state index in [1.807, 2.05) is 6.08 Å². The minimum absolute atomic E-state index is 0.0421. The number of carbonyl (C=O) groups excluding carboxylic acids is 2. The third-order valence-electron chi connectivity index (χ3n) is 4.27. The largest absolute Gasteiger partial charge is 0.373 e. The molecule has 0 aromatic rings. The summed E-state index contributed by atoms with van der Waals surface area (Å²) in [5, 5.41) is 0. The highest BCUT2D eigenvalue weighted by Crippen LogP contribution is 2.51. The van der Waals surface area contributed by atoms with E-state index in [4.69, 9.17) is 4.74 Å². The molecule has 0 aliphatic heterocycles. The summed E-state index contributed by atoms with van der Waals surface area (Å²) in [4.78, 5) is 23.9. The Hall–Kier alpha value is -1.22. The Morgan fingerprint density at radius 2 is 2.06 bits per heavy atom. The number of carbonyl (C=O) groups is 2. The molecule has 3 nitrogen and oxygen atoms in total. The van der Waals surface area contributed by atoms with Crippen molar-refractivity contribution in [1.82, 2.24) is 0 Å². The van der Waals surface area contributed by atoms with E-state index in [1.165, 1.54) is 12.2 Å². The maximum atomic E-state index is 12.0. The predicted molar refractivity (Wildman–Crippen MR) is 57.7 cm³/mol. The van der Waals surface area contributed by atoms with Crippen LogP contribution in [-0.2, 0) is 14.3 Å². The normalized spacial score (nSPS) is 44.9. The topological polar surface area (TPSA) is 43.4 Å². The Balaban J connectivity index is 2.14. The first kappa shape index (κ1) is 9.97. The Kier molecular flexibility index (Phi) is 1.96. The lowest BCUT2D eigenvalue weighted by Gasteiger charge is -2.51. The van der Waals surface area contributed by atoms with E-state index in [9.17, 15) is 9.59 Å². The first-order valence-corrected chi connectivity index (χ1v) is 5.68. The molecule has 3 heteroatoms. The number of ether oxygens (including phenoxy) is 1. The summed E-state index contributed by atoms with van der Waals surface area (Å²) in [5.74, 6) is -0.126. The lowest BCUT2D eigenvalue weighted by molar-refractivity contribution is -0.150. The molecular formula is C13H14O3. The summed E-state index contributed by atoms with van der Waals surface area (Å²) >= 11 is 0. The van der Waals surface area contributed by atoms with Crippen LogP contribution in [0, 0.1) is 17.8 Å². The Morgan fingerprint density at radius 1 is 1.31 bits per heavy atom. The third kappa shape index (κ3) is 1.07. The zero-order chi connectivity index (χ0) is 11.3. The fraction of sp³-hybridized carbons (Fsp3) is 0.538. The van der Waals surface area contributed by atoms with E-state index in [2.05, 4.69) is 6.08 Å². The molecule has 0 heterocycles. The number of methoxy groups -OCH3 is 1. The molecule has 84 valence electrons. The second-order valence-corrected chi connectivity index (χ2v) is 4.86. The van der Waals surface area contributed by atoms with Crippen LogP contribution in [-0.4, -0.2) is 24.3 Å². The molecule has 4 atom stereocenters. The molecule has 0 saturated heterocycles. The number of hydrogen-bond donors (Lipinski definition) is 0. The fourth-order valence-corrected chi connectivity index (χ4v) is 3.44. The van der Waals surface area contributed by atoms with Gasteiger partial charge in [-0.3, -0.25) is 9.59 Å². The van der Waals surface area contributed by atoms with E-state index in [0.29, 0.717) is 0 Å². The number of fused-ring (bicyclic) bond motifs is 1. The SMILES string of the molecule is CO[C@@]12C=C[C@@H](CC1)[C@H]1C(=O)C=CC(=O)[C@@H]12. The highest BCUT2D eigenvalue weighted by molar-refractivity contribution is 6.08. The number of rotatable bonds is 1. The molecule has 4 aliphatic rings. The van der Waals surface area contributed by atoms with Crippen LogP contribution >= 0.6 is 0 Å². The van der Waals surface area contributed by atoms with Crippen LogP contribution < -0.4 is 0 Å². The van der Waals surface area contributed by atoms with Gasteiger partial charge in [-0.05, 0) is 30.9 Å². The molecule has 0 amide bonds. The molecule has 2 bridgehead atoms. The van der Waals surface area contributed by atoms with Gasteiger partial charge in [-0.15, -0.1) is 0 Å². The molecule has 1 saturated carbocycles. The van der Waals surface area contributed by atoms with Gasteiger partial charge in [-0.2, -0.15) is 0 Å². The lowest BCUT2D eigenvalue weighted by atomic mass is 9.56. The molecule has 1 fully saturated rings. The average molecular weight is 218 g/mol. The maximum absolute atomic E-state index is 12.0. The van der Waals surface area contributed by atoms with Crippen molar-refractivity contribution in [2.24, 2.45) is 17.8 Å². The molecular weight excluding hydrogens is 204 g/mol. The van der Waals surface area contributed by atoms with Gasteiger partial charge in [0.15, 0.2) is 11.6 Å². The minimum Gasteiger partial charge on any atom is -0.373 e. The molecule has 0 N–H and O–H groups in total. The van der Waals surface area contributed by atoms with E-state index < -0.39 is 5.60 Å². The molecule has 4 aliphatic carbocycles. The van der Waals surface area contributed by atoms with Gasteiger partial charge in [-0.1, -0.05) is 12.2 Å². The third-order valence-corrected chi connectivity index (χ3v) is 4.27. The van der Waals surface area contributed by atoms with Gasteiger partial charge in [0.05, 0.1) is 11.5 Å². The fourth-order valence-electron chi connectivity index (χ4n) is 3.44. The van der Waals surface area contributed by atoms with Crippen molar-refractivity contribution < 1.29 is 14.3 Å². The zero-order valence-electron chi connectivity index (χ0n) is 9.18. The van der Waals surface area contributed by atoms with Crippen molar-refractivity contribution in [1.29, 1.82) is 0 Å². The van der Waals surface area contributed by atoms with E-state index in [-0.39, 0.29) is 29.3 Å². The lowest BCUT2D eigenvalue weighted by Crippen LogP contribution is -2.57. The predicted octanol–water partition coefficient (Wildman–Crippen LogP) is 1.29. The van der Waals surface area contributed by atoms with Gasteiger partial charge in [0.1, 0.15) is 0 Å². The molecule has 0 spiro atoms. The van der Waals surface area contributed by atoms with Crippen LogP contribution in [0.4, 0.5) is 0 Å². The van der Waals surface area contributed by atoms with Gasteiger partial charge in [0.2, 0.25) is 0 Å². The monoisotopic (exact) mass is 218 g/mol. The van der Waals surface area contributed by atoms with Crippen molar-refractivity contribution in [3.8, 4) is 0 Å². The van der Waals surface area contributed by atoms with Gasteiger partial charge in [0, 0.05) is 13.0 Å². The summed E-state index contributed by atoms with van der Waals surface area (Å²) in [5.41, 5.74) is -0.531. The number of hydrogen-bond acceptors (Lipinski definition) is 3. The first-order chi connectivity index (χ1) is 7.68. The summed E-state index contributed by atoms with van der Waals surface area (Å²) in [7, 11) is 1.63. The number of allylic oxidation sites excluding steroid dienone is 3. The summed E-state index contributed by atoms with van der Waals surface area (Å²) < 4.78 is 5.56. The van der Waals surface area contributed by atoms with Crippen molar-refractivity contribution >= 4 is 11.6 Å². The van der Waals surface area contributed by atoms with Crippen LogP contribution in [0.15, 0.2) is 24.3 Å². The smallest absolute Gasteiger partial charge is 0.162 e. The molecule has 0 radical (unpaired) electrons. The Morgan fingerprint density at radius 3 is 2.69 bits per heavy atom. The maximum Gasteiger partial charge on any atom is 0.162 e. The van der Waals surface area contributed by atoms with E-state index in [0.717, 1.165) is 12.8 Å². The summed E-state index contributed by atoms with van der Waals surface area (Å²) in [6.07, 6.45) is 8.68. The average Bonchev–Trinajstić information content (AvgIpc) is 2.35. The quantitative estimate of drug-likeness (QED) is 0.623. The second-order valence-electron chi connectivity index (χ2n) is 4.86. The van der Waals surface area contributed by atoms with Gasteiger partial charge < -0.3 is 4.74 Å². The second kappa shape index (κ2) is 3.14. The zero-order valence-corrected chi connectivity index (χ0v) is 9.18. The van der Waals surface area contributed by atoms with Crippen LogP contribution in [0.2, 0.25) is 0 Å². The van der Waals surface area contributed by atoms with E-state index >= 15 is 0 Å². The summed E-state index contributed by atoms with van der Waals surface area (Å²) in [6.45, 7) is 0. The molecule has 16 heavy (non-hydrogen) atoms. The molecule has 0 aromatic carbocycles. The minimum atomic E-state index is -0.531. The van der Waals surface area contributed by atoms with Gasteiger partial charge in [-0.25, -0.2) is 0 Å². The molecule has 0 aromatic heterocycles. The van der Waals surface area contributed by atoms with Crippen LogP contribution in [0.1, 0.15) is 12.8 Å². The first-order valence-electron chi connectivity index (χ1n) is 5.68. The standard InChI is InChI=1S/C13H14O3/c1-16-13-6-4-8(5-7-13)11-9(14)2-3-10(15)12(11)13/h2-4,6,8,11-12H,5,7H2,1H3/t8-,11-,12-,13-/m0/s1. The summed E-state index contributed by atoms with van der Waals surface area (Å²) in [6, 6.07) is 0. The van der Waals surface area contributed by atoms with Crippen LogP contribution in [0.3, 0.4) is 0 Å². The van der Waals surface area contributed by atoms with Crippen LogP contribution in [0.25, 0.3) is 0 Å². The van der Waals surface area contributed by atoms with Crippen molar-refractivity contribution in [2.75, 3.05) is 7.11 Å². The van der Waals surface area contributed by atoms with Gasteiger partial charge >= 0.3 is 0 Å².